The number of thioether (sulfide) groups is 2. The predicted molar refractivity (Wildman–Crippen MR) is 93.9 cm³/mol. The maximum atomic E-state index is 12.4. The van der Waals surface area contributed by atoms with E-state index in [4.69, 9.17) is 0 Å². The van der Waals surface area contributed by atoms with E-state index in [1.54, 1.807) is 11.8 Å². The number of hydrogen-bond donors (Lipinski definition) is 2. The number of aromatic nitrogens is 2. The molecule has 1 unspecified atom stereocenters. The Bertz CT molecular complexity index is 663. The number of carbonyl (C=O) groups is 2. The lowest BCUT2D eigenvalue weighted by Gasteiger charge is -2.14. The summed E-state index contributed by atoms with van der Waals surface area (Å²) in [6.45, 7) is 2.04. The number of amides is 3. The highest BCUT2D eigenvalue weighted by atomic mass is 32.2. The van der Waals surface area contributed by atoms with Crippen LogP contribution in [0.2, 0.25) is 0 Å². The molecule has 2 N–H and O–H groups in total. The van der Waals surface area contributed by atoms with Crippen LogP contribution in [0.4, 0.5) is 4.79 Å². The average Bonchev–Trinajstić information content (AvgIpc) is 3.01. The number of imide groups is 1. The first-order chi connectivity index (χ1) is 11.1. The first-order valence-corrected chi connectivity index (χ1v) is 9.52. The zero-order valence-corrected chi connectivity index (χ0v) is 15.1. The molecule has 0 radical (unpaired) electrons. The molecule has 0 aliphatic heterocycles. The number of benzene rings is 1. The Kier molecular flexibility index (Phi) is 6.87. The van der Waals surface area contributed by atoms with Crippen molar-refractivity contribution in [2.24, 2.45) is 0 Å². The summed E-state index contributed by atoms with van der Waals surface area (Å²) < 4.78 is 1.57. The fourth-order valence-corrected chi connectivity index (χ4v) is 4.78. The van der Waals surface area contributed by atoms with Crippen molar-refractivity contribution in [2.45, 2.75) is 20.9 Å². The SMILES string of the molecule is CCSc1nnc(SC(C(=O)NC(=O)NC)c2ccccc2)s1. The van der Waals surface area contributed by atoms with Crippen LogP contribution in [-0.2, 0) is 4.79 Å². The lowest BCUT2D eigenvalue weighted by Crippen LogP contribution is -2.39. The van der Waals surface area contributed by atoms with Crippen molar-refractivity contribution in [2.75, 3.05) is 12.8 Å². The van der Waals surface area contributed by atoms with Gasteiger partial charge in [0.15, 0.2) is 8.68 Å². The van der Waals surface area contributed by atoms with Crippen LogP contribution in [0.5, 0.6) is 0 Å². The van der Waals surface area contributed by atoms with E-state index in [0.29, 0.717) is 4.34 Å². The highest BCUT2D eigenvalue weighted by Gasteiger charge is 2.25. The van der Waals surface area contributed by atoms with E-state index in [0.717, 1.165) is 15.7 Å². The smallest absolute Gasteiger partial charge is 0.321 e. The van der Waals surface area contributed by atoms with Gasteiger partial charge in [-0.25, -0.2) is 4.79 Å². The summed E-state index contributed by atoms with van der Waals surface area (Å²) in [5, 5.41) is 12.3. The second kappa shape index (κ2) is 8.90. The van der Waals surface area contributed by atoms with Crippen LogP contribution < -0.4 is 10.6 Å². The normalized spacial score (nSPS) is 11.7. The van der Waals surface area contributed by atoms with Gasteiger partial charge in [0.2, 0.25) is 5.91 Å². The van der Waals surface area contributed by atoms with Gasteiger partial charge in [0.1, 0.15) is 5.25 Å². The molecule has 1 aromatic heterocycles. The fourth-order valence-electron chi connectivity index (χ4n) is 1.67. The molecule has 0 spiro atoms. The van der Waals surface area contributed by atoms with E-state index < -0.39 is 11.3 Å². The minimum absolute atomic E-state index is 0.388. The van der Waals surface area contributed by atoms with E-state index in [1.807, 2.05) is 37.3 Å². The number of urea groups is 1. The first-order valence-electron chi connectivity index (χ1n) is 6.84. The summed E-state index contributed by atoms with van der Waals surface area (Å²) >= 11 is 4.34. The topological polar surface area (TPSA) is 84.0 Å². The summed E-state index contributed by atoms with van der Waals surface area (Å²) in [6, 6.07) is 8.76. The third-order valence-corrected chi connectivity index (χ3v) is 5.96. The van der Waals surface area contributed by atoms with Crippen LogP contribution in [0.1, 0.15) is 17.7 Å². The summed E-state index contributed by atoms with van der Waals surface area (Å²) in [7, 11) is 1.46. The third-order valence-electron chi connectivity index (χ3n) is 2.68. The Morgan fingerprint density at radius 2 is 1.91 bits per heavy atom. The van der Waals surface area contributed by atoms with Gasteiger partial charge in [-0.05, 0) is 11.3 Å². The molecule has 0 aliphatic carbocycles. The fraction of sp³-hybridized carbons (Fsp3) is 0.286. The molecule has 6 nitrogen and oxygen atoms in total. The second-order valence-corrected chi connectivity index (χ2v) is 8.08. The van der Waals surface area contributed by atoms with Crippen LogP contribution in [0.15, 0.2) is 39.0 Å². The number of rotatable bonds is 6. The molecule has 0 fully saturated rings. The van der Waals surface area contributed by atoms with E-state index in [9.17, 15) is 9.59 Å². The van der Waals surface area contributed by atoms with E-state index in [2.05, 4.69) is 20.8 Å². The van der Waals surface area contributed by atoms with Crippen molar-refractivity contribution >= 4 is 46.8 Å². The van der Waals surface area contributed by atoms with Gasteiger partial charge in [0.25, 0.3) is 0 Å². The molecule has 1 atom stereocenters. The van der Waals surface area contributed by atoms with Gasteiger partial charge < -0.3 is 5.32 Å². The minimum atomic E-state index is -0.569. The van der Waals surface area contributed by atoms with Gasteiger partial charge in [-0.1, -0.05) is 72.1 Å². The lowest BCUT2D eigenvalue weighted by molar-refractivity contribution is -0.119. The maximum absolute atomic E-state index is 12.4. The van der Waals surface area contributed by atoms with Gasteiger partial charge in [0.05, 0.1) is 0 Å². The van der Waals surface area contributed by atoms with Gasteiger partial charge >= 0.3 is 6.03 Å². The summed E-state index contributed by atoms with van der Waals surface area (Å²) in [4.78, 5) is 23.8. The highest BCUT2D eigenvalue weighted by Crippen LogP contribution is 2.38. The Balaban J connectivity index is 2.19. The maximum Gasteiger partial charge on any atom is 0.321 e. The summed E-state index contributed by atoms with van der Waals surface area (Å²) in [5.74, 6) is 0.527. The quantitative estimate of drug-likeness (QED) is 0.763. The third kappa shape index (κ3) is 5.22. The molecule has 9 heteroatoms. The Morgan fingerprint density at radius 3 is 2.57 bits per heavy atom. The van der Waals surface area contributed by atoms with Crippen molar-refractivity contribution in [3.05, 3.63) is 35.9 Å². The van der Waals surface area contributed by atoms with Gasteiger partial charge in [0, 0.05) is 7.05 Å². The van der Waals surface area contributed by atoms with Crippen LogP contribution in [0.25, 0.3) is 0 Å². The van der Waals surface area contributed by atoms with Crippen molar-refractivity contribution in [1.29, 1.82) is 0 Å². The molecule has 0 saturated carbocycles. The molecule has 23 heavy (non-hydrogen) atoms. The molecule has 2 rings (SSSR count). The highest BCUT2D eigenvalue weighted by molar-refractivity contribution is 8.03. The van der Waals surface area contributed by atoms with Crippen molar-refractivity contribution in [1.82, 2.24) is 20.8 Å². The number of hydrogen-bond acceptors (Lipinski definition) is 7. The monoisotopic (exact) mass is 368 g/mol. The predicted octanol–water partition coefficient (Wildman–Crippen LogP) is 2.94. The second-order valence-electron chi connectivity index (χ2n) is 4.24. The largest absolute Gasteiger partial charge is 0.341 e. The zero-order chi connectivity index (χ0) is 16.7. The summed E-state index contributed by atoms with van der Waals surface area (Å²) in [5.41, 5.74) is 0.804. The van der Waals surface area contributed by atoms with E-state index >= 15 is 0 Å². The molecule has 0 bridgehead atoms. The van der Waals surface area contributed by atoms with Crippen LogP contribution in [0, 0.1) is 0 Å². The molecule has 0 aliphatic rings. The molecule has 3 amide bonds. The van der Waals surface area contributed by atoms with Crippen LogP contribution in [0.3, 0.4) is 0 Å². The zero-order valence-electron chi connectivity index (χ0n) is 12.6. The molecule has 1 heterocycles. The van der Waals surface area contributed by atoms with Gasteiger partial charge in [-0.3, -0.25) is 10.1 Å². The lowest BCUT2D eigenvalue weighted by atomic mass is 10.1. The Hall–Kier alpha value is -1.58. The number of carbonyl (C=O) groups excluding carboxylic acids is 2. The Labute approximate surface area is 146 Å². The van der Waals surface area contributed by atoms with Crippen LogP contribution >= 0.6 is 34.9 Å². The van der Waals surface area contributed by atoms with E-state index in [-0.39, 0.29) is 5.91 Å². The average molecular weight is 369 g/mol. The molecular weight excluding hydrogens is 352 g/mol. The van der Waals surface area contributed by atoms with Crippen LogP contribution in [-0.4, -0.2) is 34.9 Å². The van der Waals surface area contributed by atoms with Crippen molar-refractivity contribution in [3.8, 4) is 0 Å². The van der Waals surface area contributed by atoms with Crippen molar-refractivity contribution < 1.29 is 9.59 Å². The minimum Gasteiger partial charge on any atom is -0.341 e. The van der Waals surface area contributed by atoms with Gasteiger partial charge in [-0.2, -0.15) is 0 Å². The first kappa shape index (κ1) is 17.8. The molecule has 0 saturated heterocycles. The number of nitrogens with one attached hydrogen (secondary N) is 2. The molecule has 1 aromatic carbocycles. The van der Waals surface area contributed by atoms with Gasteiger partial charge in [-0.15, -0.1) is 10.2 Å². The molecule has 2 aromatic rings. The molecular formula is C14H16N4O2S3. The summed E-state index contributed by atoms with van der Waals surface area (Å²) in [6.07, 6.45) is 0. The van der Waals surface area contributed by atoms with E-state index in [1.165, 1.54) is 30.1 Å². The standard InChI is InChI=1S/C14H16N4O2S3/c1-3-21-13-17-18-14(23-13)22-10(9-7-5-4-6-8-9)11(19)16-12(20)15-2/h4-8,10H,3H2,1-2H3,(H2,15,16,19,20). The molecule has 122 valence electrons. The van der Waals surface area contributed by atoms with Crippen molar-refractivity contribution in [3.63, 3.8) is 0 Å². The Morgan fingerprint density at radius 1 is 1.22 bits per heavy atom. The number of nitrogens with zero attached hydrogens (tertiary/aromatic N) is 2.